The van der Waals surface area contributed by atoms with Gasteiger partial charge in [-0.2, -0.15) is 0 Å². The summed E-state index contributed by atoms with van der Waals surface area (Å²) in [7, 11) is 0. The largest absolute Gasteiger partial charge is 0.483 e. The summed E-state index contributed by atoms with van der Waals surface area (Å²) < 4.78 is 19.1. The lowest BCUT2D eigenvalue weighted by Crippen LogP contribution is -2.51. The van der Waals surface area contributed by atoms with Crippen molar-refractivity contribution in [3.8, 4) is 5.75 Å². The quantitative estimate of drug-likeness (QED) is 0.571. The van der Waals surface area contributed by atoms with Crippen LogP contribution >= 0.6 is 0 Å². The Kier molecular flexibility index (Phi) is 9.70. The first-order valence-corrected chi connectivity index (χ1v) is 13.4. The molecule has 0 saturated carbocycles. The molecule has 38 heavy (non-hydrogen) atoms. The molecule has 4 rings (SSSR count). The van der Waals surface area contributed by atoms with E-state index >= 15 is 0 Å². The number of para-hydroxylation sites is 1. The van der Waals surface area contributed by atoms with Gasteiger partial charge in [0.25, 0.3) is 5.91 Å². The Morgan fingerprint density at radius 2 is 1.79 bits per heavy atom. The van der Waals surface area contributed by atoms with E-state index in [1.165, 1.54) is 12.1 Å². The predicted octanol–water partition coefficient (Wildman–Crippen LogP) is 2.56. The topological polar surface area (TPSA) is 99.8 Å². The Hall–Kier alpha value is -3.46. The minimum absolute atomic E-state index is 0.0217. The smallest absolute Gasteiger partial charge is 0.258 e. The van der Waals surface area contributed by atoms with Crippen molar-refractivity contribution >= 4 is 17.7 Å². The van der Waals surface area contributed by atoms with Gasteiger partial charge in [-0.15, -0.1) is 0 Å². The average Bonchev–Trinajstić information content (AvgIpc) is 2.92. The molecule has 0 aliphatic carbocycles. The molecule has 2 aromatic rings. The lowest BCUT2D eigenvalue weighted by atomic mass is 9.73. The summed E-state index contributed by atoms with van der Waals surface area (Å²) in [5.74, 6) is 0.0879. The Morgan fingerprint density at radius 1 is 1.00 bits per heavy atom. The molecule has 2 heterocycles. The van der Waals surface area contributed by atoms with Gasteiger partial charge in [0.05, 0.1) is 12.0 Å². The number of nitrogens with one attached hydrogen (secondary N) is 3. The summed E-state index contributed by atoms with van der Waals surface area (Å²) >= 11 is 0. The van der Waals surface area contributed by atoms with Gasteiger partial charge in [0, 0.05) is 19.6 Å². The second-order valence-electron chi connectivity index (χ2n) is 10.2. The molecule has 204 valence electrons. The number of hydrogen-bond donors (Lipinski definition) is 3. The lowest BCUT2D eigenvalue weighted by Gasteiger charge is -2.40. The van der Waals surface area contributed by atoms with E-state index in [4.69, 9.17) is 4.74 Å². The van der Waals surface area contributed by atoms with Crippen molar-refractivity contribution < 1.29 is 23.5 Å². The van der Waals surface area contributed by atoms with Crippen molar-refractivity contribution in [1.29, 1.82) is 0 Å². The van der Waals surface area contributed by atoms with Crippen LogP contribution in [-0.2, 0) is 27.3 Å². The van der Waals surface area contributed by atoms with Crippen LogP contribution in [0.4, 0.5) is 4.39 Å². The first kappa shape index (κ1) is 27.6. The van der Waals surface area contributed by atoms with Crippen molar-refractivity contribution in [2.45, 2.75) is 45.1 Å². The minimum atomic E-state index is -0.491. The Labute approximate surface area is 223 Å². The maximum absolute atomic E-state index is 13.4. The van der Waals surface area contributed by atoms with Gasteiger partial charge in [-0.25, -0.2) is 4.39 Å². The first-order chi connectivity index (χ1) is 18.4. The van der Waals surface area contributed by atoms with Gasteiger partial charge in [-0.3, -0.25) is 19.3 Å². The third-order valence-corrected chi connectivity index (χ3v) is 7.46. The molecule has 8 nitrogen and oxygen atoms in total. The van der Waals surface area contributed by atoms with Crippen molar-refractivity contribution in [2.75, 3.05) is 39.3 Å². The van der Waals surface area contributed by atoms with E-state index in [0.29, 0.717) is 44.6 Å². The fourth-order valence-corrected chi connectivity index (χ4v) is 5.23. The molecule has 1 fully saturated rings. The van der Waals surface area contributed by atoms with Crippen LogP contribution in [0.5, 0.6) is 5.75 Å². The summed E-state index contributed by atoms with van der Waals surface area (Å²) in [6.07, 6.45) is 4.73. The van der Waals surface area contributed by atoms with Crippen LogP contribution in [0, 0.1) is 11.2 Å². The Morgan fingerprint density at radius 3 is 2.61 bits per heavy atom. The normalized spacial score (nSPS) is 19.2. The molecule has 1 spiro atoms. The van der Waals surface area contributed by atoms with Gasteiger partial charge in [-0.1, -0.05) is 36.8 Å². The zero-order chi connectivity index (χ0) is 26.8. The second-order valence-corrected chi connectivity index (χ2v) is 10.2. The second kappa shape index (κ2) is 13.4. The number of nitrogens with zero attached hydrogens (tertiary/aromatic N) is 1. The molecule has 0 radical (unpaired) electrons. The van der Waals surface area contributed by atoms with Crippen LogP contribution in [-0.4, -0.2) is 62.0 Å². The fourth-order valence-electron chi connectivity index (χ4n) is 5.23. The molecule has 0 bridgehead atoms. The highest BCUT2D eigenvalue weighted by Gasteiger charge is 2.40. The highest BCUT2D eigenvalue weighted by Crippen LogP contribution is 2.37. The number of piperidine rings is 1. The summed E-state index contributed by atoms with van der Waals surface area (Å²) in [6.45, 7) is 2.46. The summed E-state index contributed by atoms with van der Waals surface area (Å²) in [5, 5.41) is 8.68. The molecule has 2 aliphatic rings. The van der Waals surface area contributed by atoms with Gasteiger partial charge < -0.3 is 20.7 Å². The molecular formula is C29H37FN4O4. The number of amides is 3. The Balaban J connectivity index is 1.33. The van der Waals surface area contributed by atoms with E-state index < -0.39 is 5.41 Å². The van der Waals surface area contributed by atoms with Gasteiger partial charge in [0.1, 0.15) is 11.6 Å². The average molecular weight is 525 g/mol. The molecule has 1 saturated heterocycles. The molecule has 0 atom stereocenters. The van der Waals surface area contributed by atoms with Crippen molar-refractivity contribution in [2.24, 2.45) is 5.41 Å². The summed E-state index contributed by atoms with van der Waals surface area (Å²) in [5.41, 5.74) is 1.29. The van der Waals surface area contributed by atoms with E-state index in [2.05, 4.69) is 20.9 Å². The maximum Gasteiger partial charge on any atom is 0.258 e. The van der Waals surface area contributed by atoms with Gasteiger partial charge in [-0.05, 0) is 74.5 Å². The van der Waals surface area contributed by atoms with Crippen LogP contribution in [0.15, 0.2) is 48.5 Å². The van der Waals surface area contributed by atoms with Crippen LogP contribution in [0.25, 0.3) is 0 Å². The molecule has 3 amide bonds. The first-order valence-electron chi connectivity index (χ1n) is 13.4. The number of aryl methyl sites for hydroxylation is 1. The van der Waals surface area contributed by atoms with E-state index in [9.17, 15) is 18.8 Å². The highest BCUT2D eigenvalue weighted by atomic mass is 19.1. The number of carbonyl (C=O) groups is 3. The van der Waals surface area contributed by atoms with Crippen molar-refractivity contribution in [1.82, 2.24) is 20.9 Å². The SMILES string of the molecule is O=C1COc2ccccc2CCCCC2(CCN(CC(=O)NCc3cccc(F)c3)CC2)C(=O)NCCN1. The molecule has 0 unspecified atom stereocenters. The molecule has 0 aromatic heterocycles. The van der Waals surface area contributed by atoms with Crippen LogP contribution in [0.3, 0.4) is 0 Å². The Bertz CT molecular complexity index is 1120. The molecule has 2 aromatic carbocycles. The molecule has 2 aliphatic heterocycles. The van der Waals surface area contributed by atoms with Crippen LogP contribution in [0.2, 0.25) is 0 Å². The van der Waals surface area contributed by atoms with E-state index in [-0.39, 0.29) is 43.2 Å². The zero-order valence-electron chi connectivity index (χ0n) is 21.8. The number of benzene rings is 2. The fraction of sp³-hybridized carbons (Fsp3) is 0.483. The number of halogens is 1. The number of fused-ring (bicyclic) bond motifs is 1. The lowest BCUT2D eigenvalue weighted by molar-refractivity contribution is -0.135. The summed E-state index contributed by atoms with van der Waals surface area (Å²) in [4.78, 5) is 40.1. The number of ether oxygens (including phenoxy) is 1. The molecule has 9 heteroatoms. The van der Waals surface area contributed by atoms with E-state index in [1.807, 2.05) is 24.3 Å². The number of likely N-dealkylation sites (tertiary alicyclic amines) is 1. The third kappa shape index (κ3) is 7.77. The van der Waals surface area contributed by atoms with E-state index in [1.54, 1.807) is 12.1 Å². The predicted molar refractivity (Wildman–Crippen MR) is 142 cm³/mol. The van der Waals surface area contributed by atoms with Crippen LogP contribution in [0.1, 0.15) is 43.2 Å². The standard InChI is InChI=1S/C29H37FN4O4/c30-24-9-5-6-22(18-24)19-33-26(35)20-34-16-12-29(13-17-34)11-4-3-8-23-7-1-2-10-25(23)38-21-27(36)31-14-15-32-28(29)37/h1-2,5-7,9-10,18H,3-4,8,11-17,19-21H2,(H,31,36)(H,32,37)(H,33,35). The van der Waals surface area contributed by atoms with Gasteiger partial charge >= 0.3 is 0 Å². The summed E-state index contributed by atoms with van der Waals surface area (Å²) in [6, 6.07) is 14.0. The molecule has 3 N–H and O–H groups in total. The number of rotatable bonds is 4. The monoisotopic (exact) mass is 524 g/mol. The number of hydrogen-bond acceptors (Lipinski definition) is 5. The minimum Gasteiger partial charge on any atom is -0.483 e. The maximum atomic E-state index is 13.4. The van der Waals surface area contributed by atoms with Gasteiger partial charge in [0.15, 0.2) is 6.61 Å². The number of carbonyl (C=O) groups excluding carboxylic acids is 3. The zero-order valence-corrected chi connectivity index (χ0v) is 21.8. The third-order valence-electron chi connectivity index (χ3n) is 7.46. The van der Waals surface area contributed by atoms with Crippen molar-refractivity contribution in [3.63, 3.8) is 0 Å². The molecular weight excluding hydrogens is 487 g/mol. The van der Waals surface area contributed by atoms with Crippen molar-refractivity contribution in [3.05, 3.63) is 65.5 Å². The highest BCUT2D eigenvalue weighted by molar-refractivity contribution is 5.83. The van der Waals surface area contributed by atoms with Crippen LogP contribution < -0.4 is 20.7 Å². The van der Waals surface area contributed by atoms with E-state index in [0.717, 1.165) is 37.0 Å². The van der Waals surface area contributed by atoms with Gasteiger partial charge in [0.2, 0.25) is 11.8 Å².